The highest BCUT2D eigenvalue weighted by Gasteiger charge is 1.97. The summed E-state index contributed by atoms with van der Waals surface area (Å²) >= 11 is 0. The Morgan fingerprint density at radius 1 is 1.47 bits per heavy atom. The van der Waals surface area contributed by atoms with E-state index in [-0.39, 0.29) is 0 Å². The van der Waals surface area contributed by atoms with Crippen molar-refractivity contribution in [1.82, 2.24) is 9.97 Å². The van der Waals surface area contributed by atoms with Gasteiger partial charge in [0.15, 0.2) is 0 Å². The SMILES string of the molecule is C=C/C(C)=C\c1[nH]cnc1/C=C\C.CC. The molecule has 1 aromatic rings. The topological polar surface area (TPSA) is 28.7 Å². The first-order valence-electron chi connectivity index (χ1n) is 5.24. The first-order chi connectivity index (χ1) is 7.27. The third-order valence-corrected chi connectivity index (χ3v) is 1.72. The lowest BCUT2D eigenvalue weighted by atomic mass is 10.2. The predicted molar refractivity (Wildman–Crippen MR) is 68.5 cm³/mol. The third kappa shape index (κ3) is 4.45. The highest BCUT2D eigenvalue weighted by atomic mass is 14.9. The molecular weight excluding hydrogens is 184 g/mol. The summed E-state index contributed by atoms with van der Waals surface area (Å²) in [5, 5.41) is 0. The summed E-state index contributed by atoms with van der Waals surface area (Å²) in [5.74, 6) is 0. The smallest absolute Gasteiger partial charge is 0.0931 e. The first-order valence-corrected chi connectivity index (χ1v) is 5.24. The Morgan fingerprint density at radius 2 is 2.13 bits per heavy atom. The summed E-state index contributed by atoms with van der Waals surface area (Å²) in [5.41, 5.74) is 3.11. The fourth-order valence-corrected chi connectivity index (χ4v) is 1.01. The van der Waals surface area contributed by atoms with Crippen LogP contribution in [0.25, 0.3) is 12.2 Å². The maximum Gasteiger partial charge on any atom is 0.0931 e. The first kappa shape index (κ1) is 13.4. The van der Waals surface area contributed by atoms with Gasteiger partial charge in [-0.15, -0.1) is 0 Å². The molecule has 0 amide bonds. The molecule has 1 rings (SSSR count). The summed E-state index contributed by atoms with van der Waals surface area (Å²) in [4.78, 5) is 7.24. The summed E-state index contributed by atoms with van der Waals surface area (Å²) in [7, 11) is 0. The van der Waals surface area contributed by atoms with Crippen molar-refractivity contribution in [2.45, 2.75) is 27.7 Å². The minimum absolute atomic E-state index is 0.962. The quantitative estimate of drug-likeness (QED) is 0.739. The van der Waals surface area contributed by atoms with Crippen LogP contribution in [0.2, 0.25) is 0 Å². The second-order valence-electron chi connectivity index (χ2n) is 2.79. The summed E-state index contributed by atoms with van der Waals surface area (Å²) in [6.45, 7) is 11.7. The lowest BCUT2D eigenvalue weighted by molar-refractivity contribution is 1.30. The molecule has 0 bridgehead atoms. The molecule has 0 aliphatic heterocycles. The van der Waals surface area contributed by atoms with Crippen LogP contribution in [0.15, 0.2) is 30.6 Å². The molecule has 1 N–H and O–H groups in total. The number of H-pyrrole nitrogens is 1. The normalized spacial score (nSPS) is 11.1. The van der Waals surface area contributed by atoms with E-state index in [1.807, 2.05) is 52.0 Å². The monoisotopic (exact) mass is 204 g/mol. The molecule has 0 spiro atoms. The van der Waals surface area contributed by atoms with Crippen molar-refractivity contribution < 1.29 is 0 Å². The highest BCUT2D eigenvalue weighted by molar-refractivity contribution is 5.62. The largest absolute Gasteiger partial charge is 0.345 e. The molecule has 15 heavy (non-hydrogen) atoms. The van der Waals surface area contributed by atoms with Gasteiger partial charge in [0, 0.05) is 0 Å². The molecule has 1 aromatic heterocycles. The van der Waals surface area contributed by atoms with Crippen molar-refractivity contribution in [3.63, 3.8) is 0 Å². The molecule has 0 aliphatic rings. The molecule has 1 heterocycles. The van der Waals surface area contributed by atoms with Gasteiger partial charge < -0.3 is 4.98 Å². The van der Waals surface area contributed by atoms with Crippen LogP contribution >= 0.6 is 0 Å². The number of aromatic amines is 1. The van der Waals surface area contributed by atoms with E-state index in [1.165, 1.54) is 0 Å². The zero-order valence-electron chi connectivity index (χ0n) is 10.0. The summed E-state index contributed by atoms with van der Waals surface area (Å²) in [6, 6.07) is 0. The van der Waals surface area contributed by atoms with Crippen LogP contribution < -0.4 is 0 Å². The summed E-state index contributed by atoms with van der Waals surface area (Å²) < 4.78 is 0. The van der Waals surface area contributed by atoms with E-state index >= 15 is 0 Å². The minimum Gasteiger partial charge on any atom is -0.345 e. The fraction of sp³-hybridized carbons (Fsp3) is 0.308. The average molecular weight is 204 g/mol. The molecule has 0 saturated heterocycles. The Morgan fingerprint density at radius 3 is 2.67 bits per heavy atom. The molecule has 0 fully saturated rings. The number of hydrogen-bond acceptors (Lipinski definition) is 1. The Kier molecular flexibility index (Phi) is 6.98. The van der Waals surface area contributed by atoms with Crippen molar-refractivity contribution >= 4 is 12.2 Å². The minimum atomic E-state index is 0.962. The Labute approximate surface area is 92.4 Å². The number of hydrogen-bond donors (Lipinski definition) is 1. The van der Waals surface area contributed by atoms with E-state index in [4.69, 9.17) is 0 Å². The average Bonchev–Trinajstić information content (AvgIpc) is 2.69. The van der Waals surface area contributed by atoms with Gasteiger partial charge in [0.2, 0.25) is 0 Å². The highest BCUT2D eigenvalue weighted by Crippen LogP contribution is 2.10. The second kappa shape index (κ2) is 7.80. The zero-order valence-corrected chi connectivity index (χ0v) is 10.0. The molecular formula is C13H20N2. The van der Waals surface area contributed by atoms with E-state index in [0.29, 0.717) is 0 Å². The van der Waals surface area contributed by atoms with Gasteiger partial charge in [-0.3, -0.25) is 0 Å². The van der Waals surface area contributed by atoms with Gasteiger partial charge in [-0.2, -0.15) is 0 Å². The Balaban J connectivity index is 0.000000921. The van der Waals surface area contributed by atoms with Gasteiger partial charge >= 0.3 is 0 Å². The van der Waals surface area contributed by atoms with E-state index in [1.54, 1.807) is 6.33 Å². The molecule has 2 nitrogen and oxygen atoms in total. The third-order valence-electron chi connectivity index (χ3n) is 1.72. The molecule has 0 aliphatic carbocycles. The van der Waals surface area contributed by atoms with Gasteiger partial charge in [-0.25, -0.2) is 4.98 Å². The lowest BCUT2D eigenvalue weighted by Gasteiger charge is -1.92. The standard InChI is InChI=1S/C11H14N2.C2H6/c1-4-6-10-11(13-8-12-10)7-9(3)5-2;1-2/h4-8H,2H2,1,3H3,(H,12,13);1-2H3/b6-4-,9-7-;. The molecule has 82 valence electrons. The predicted octanol–water partition coefficient (Wildman–Crippen LogP) is 4.06. The van der Waals surface area contributed by atoms with E-state index < -0.39 is 0 Å². The van der Waals surface area contributed by atoms with Crippen LogP contribution in [-0.2, 0) is 0 Å². The Bertz CT molecular complexity index is 343. The number of imidazole rings is 1. The maximum absolute atomic E-state index is 4.17. The van der Waals surface area contributed by atoms with Gasteiger partial charge in [0.1, 0.15) is 0 Å². The van der Waals surface area contributed by atoms with Crippen LogP contribution in [0.1, 0.15) is 39.1 Å². The van der Waals surface area contributed by atoms with Gasteiger partial charge in [-0.1, -0.05) is 32.6 Å². The van der Waals surface area contributed by atoms with E-state index in [9.17, 15) is 0 Å². The van der Waals surface area contributed by atoms with Gasteiger partial charge in [-0.05, 0) is 31.6 Å². The number of nitrogens with one attached hydrogen (secondary N) is 1. The van der Waals surface area contributed by atoms with E-state index in [0.717, 1.165) is 17.0 Å². The number of allylic oxidation sites excluding steroid dienone is 3. The Hall–Kier alpha value is -1.57. The number of aromatic nitrogens is 2. The number of rotatable bonds is 3. The molecule has 0 unspecified atom stereocenters. The molecule has 0 radical (unpaired) electrons. The second-order valence-corrected chi connectivity index (χ2v) is 2.79. The molecule has 0 atom stereocenters. The molecule has 0 aromatic carbocycles. The van der Waals surface area contributed by atoms with Crippen LogP contribution in [-0.4, -0.2) is 9.97 Å². The van der Waals surface area contributed by atoms with Gasteiger partial charge in [0.05, 0.1) is 17.7 Å². The van der Waals surface area contributed by atoms with Crippen LogP contribution in [0.5, 0.6) is 0 Å². The van der Waals surface area contributed by atoms with Crippen LogP contribution in [0.3, 0.4) is 0 Å². The van der Waals surface area contributed by atoms with Crippen LogP contribution in [0, 0.1) is 0 Å². The van der Waals surface area contributed by atoms with Crippen molar-refractivity contribution in [2.75, 3.05) is 0 Å². The van der Waals surface area contributed by atoms with Crippen molar-refractivity contribution in [2.24, 2.45) is 0 Å². The van der Waals surface area contributed by atoms with Gasteiger partial charge in [0.25, 0.3) is 0 Å². The number of nitrogens with zero attached hydrogens (tertiary/aromatic N) is 1. The zero-order chi connectivity index (χ0) is 11.7. The van der Waals surface area contributed by atoms with Crippen molar-refractivity contribution in [1.29, 1.82) is 0 Å². The van der Waals surface area contributed by atoms with Crippen LogP contribution in [0.4, 0.5) is 0 Å². The van der Waals surface area contributed by atoms with Crippen molar-refractivity contribution in [3.05, 3.63) is 42.0 Å². The fourth-order valence-electron chi connectivity index (χ4n) is 1.01. The molecule has 2 heteroatoms. The van der Waals surface area contributed by atoms with E-state index in [2.05, 4.69) is 16.5 Å². The molecule has 0 saturated carbocycles. The van der Waals surface area contributed by atoms with Crippen molar-refractivity contribution in [3.8, 4) is 0 Å². The lowest BCUT2D eigenvalue weighted by Crippen LogP contribution is -1.78. The summed E-state index contributed by atoms with van der Waals surface area (Å²) in [6.07, 6.45) is 9.47. The maximum atomic E-state index is 4.17.